The van der Waals surface area contributed by atoms with Crippen LogP contribution in [0, 0.1) is 26.2 Å². The van der Waals surface area contributed by atoms with E-state index in [4.69, 9.17) is 14.7 Å². The summed E-state index contributed by atoms with van der Waals surface area (Å²) in [6, 6.07) is 7.13. The summed E-state index contributed by atoms with van der Waals surface area (Å²) in [6.45, 7) is -0.116. The van der Waals surface area contributed by atoms with Gasteiger partial charge in [-0.2, -0.15) is 10.5 Å². The molecule has 122 valence electrons. The van der Waals surface area contributed by atoms with Crippen LogP contribution < -0.4 is 15.0 Å². The second-order valence-corrected chi connectivity index (χ2v) is 6.30. The van der Waals surface area contributed by atoms with Crippen molar-refractivity contribution in [1.29, 1.82) is 10.5 Å². The van der Waals surface area contributed by atoms with E-state index in [2.05, 4.69) is 9.97 Å². The van der Waals surface area contributed by atoms with Gasteiger partial charge in [-0.1, -0.05) is 11.8 Å². The molecule has 0 aliphatic carbocycles. The number of thioether (sulfide) groups is 1. The summed E-state index contributed by atoms with van der Waals surface area (Å²) in [6.07, 6.45) is 1.78. The van der Waals surface area contributed by atoms with E-state index in [-0.39, 0.29) is 17.9 Å². The standard InChI is InChI=1S/C15H11IN4O3S/c1-22-11-6-8(5-10(16)13(11)23-4-3-17)12-9(7-18)14(21)20-15(19-12)24-2/h5-6H,4H2,1-2H3,(H,19,20,21). The van der Waals surface area contributed by atoms with E-state index >= 15 is 0 Å². The quantitative estimate of drug-likeness (QED) is 0.420. The van der Waals surface area contributed by atoms with Crippen LogP contribution in [0.25, 0.3) is 11.3 Å². The van der Waals surface area contributed by atoms with Crippen molar-refractivity contribution in [3.05, 3.63) is 31.6 Å². The number of rotatable bonds is 5. The van der Waals surface area contributed by atoms with Crippen LogP contribution in [0.1, 0.15) is 5.56 Å². The van der Waals surface area contributed by atoms with Crippen LogP contribution in [0.3, 0.4) is 0 Å². The Balaban J connectivity index is 2.68. The largest absolute Gasteiger partial charge is 0.493 e. The number of nitrogens with one attached hydrogen (secondary N) is 1. The Bertz CT molecular complexity index is 915. The average Bonchev–Trinajstić information content (AvgIpc) is 2.59. The zero-order valence-corrected chi connectivity index (χ0v) is 15.7. The monoisotopic (exact) mass is 454 g/mol. The lowest BCUT2D eigenvalue weighted by Crippen LogP contribution is -2.14. The molecule has 0 aliphatic rings. The van der Waals surface area contributed by atoms with Crippen molar-refractivity contribution in [1.82, 2.24) is 9.97 Å². The van der Waals surface area contributed by atoms with Gasteiger partial charge in [0.15, 0.2) is 23.3 Å². The van der Waals surface area contributed by atoms with Gasteiger partial charge >= 0.3 is 0 Å². The fourth-order valence-corrected chi connectivity index (χ4v) is 3.10. The number of halogens is 1. The molecule has 0 unspecified atom stereocenters. The first-order chi connectivity index (χ1) is 11.5. The number of methoxy groups -OCH3 is 1. The predicted octanol–water partition coefficient (Wildman–Crippen LogP) is 2.55. The van der Waals surface area contributed by atoms with Crippen molar-refractivity contribution in [2.45, 2.75) is 5.16 Å². The van der Waals surface area contributed by atoms with E-state index in [0.29, 0.717) is 25.8 Å². The Kier molecular flexibility index (Phi) is 6.06. The van der Waals surface area contributed by atoms with Crippen LogP contribution >= 0.6 is 34.4 Å². The molecule has 1 N–H and O–H groups in total. The summed E-state index contributed by atoms with van der Waals surface area (Å²) in [7, 11) is 1.47. The van der Waals surface area contributed by atoms with Crippen LogP contribution in [-0.2, 0) is 0 Å². The zero-order valence-electron chi connectivity index (χ0n) is 12.7. The first-order valence-corrected chi connectivity index (χ1v) is 8.82. The molecule has 0 atom stereocenters. The number of H-pyrrole nitrogens is 1. The molecule has 0 bridgehead atoms. The number of nitrogens with zero attached hydrogens (tertiary/aromatic N) is 3. The first-order valence-electron chi connectivity index (χ1n) is 6.51. The minimum absolute atomic E-state index is 0.0728. The highest BCUT2D eigenvalue weighted by molar-refractivity contribution is 14.1. The number of nitriles is 2. The Labute approximate surface area is 155 Å². The van der Waals surface area contributed by atoms with Gasteiger partial charge in [-0.05, 0) is 41.0 Å². The zero-order chi connectivity index (χ0) is 17.7. The van der Waals surface area contributed by atoms with Crippen LogP contribution in [0.5, 0.6) is 11.5 Å². The van der Waals surface area contributed by atoms with Gasteiger partial charge < -0.3 is 14.5 Å². The molecule has 24 heavy (non-hydrogen) atoms. The smallest absolute Gasteiger partial charge is 0.270 e. The van der Waals surface area contributed by atoms with E-state index in [0.717, 1.165) is 0 Å². The summed E-state index contributed by atoms with van der Waals surface area (Å²) in [4.78, 5) is 18.9. The normalized spacial score (nSPS) is 9.88. The van der Waals surface area contributed by atoms with Crippen molar-refractivity contribution < 1.29 is 9.47 Å². The molecular formula is C15H11IN4O3S. The van der Waals surface area contributed by atoms with Crippen molar-refractivity contribution in [3.8, 4) is 34.9 Å². The number of hydrogen-bond donors (Lipinski definition) is 1. The molecule has 2 rings (SSSR count). The van der Waals surface area contributed by atoms with Crippen molar-refractivity contribution >= 4 is 34.4 Å². The topological polar surface area (TPSA) is 112 Å². The number of aromatic amines is 1. The summed E-state index contributed by atoms with van der Waals surface area (Å²) < 4.78 is 11.4. The molecule has 0 aliphatic heterocycles. The molecule has 0 saturated heterocycles. The molecule has 1 heterocycles. The number of hydrogen-bond acceptors (Lipinski definition) is 7. The minimum atomic E-state index is -0.495. The van der Waals surface area contributed by atoms with E-state index in [1.807, 2.05) is 34.7 Å². The maximum atomic E-state index is 12.0. The Morgan fingerprint density at radius 2 is 2.17 bits per heavy atom. The van der Waals surface area contributed by atoms with Crippen LogP contribution in [0.2, 0.25) is 0 Å². The highest BCUT2D eigenvalue weighted by Crippen LogP contribution is 2.37. The Hall–Kier alpha value is -2.24. The highest BCUT2D eigenvalue weighted by atomic mass is 127. The fourth-order valence-electron chi connectivity index (χ4n) is 1.96. The van der Waals surface area contributed by atoms with Crippen LogP contribution in [-0.4, -0.2) is 29.9 Å². The van der Waals surface area contributed by atoms with Crippen molar-refractivity contribution in [3.63, 3.8) is 0 Å². The first kappa shape index (κ1) is 18.1. The Morgan fingerprint density at radius 3 is 2.75 bits per heavy atom. The number of benzene rings is 1. The maximum Gasteiger partial charge on any atom is 0.270 e. The lowest BCUT2D eigenvalue weighted by Gasteiger charge is -2.13. The SMILES string of the molecule is COc1cc(-c2nc(SC)[nH]c(=O)c2C#N)cc(I)c1OCC#N. The van der Waals surface area contributed by atoms with E-state index in [1.165, 1.54) is 18.9 Å². The summed E-state index contributed by atoms with van der Waals surface area (Å²) in [5.74, 6) is 0.820. The molecule has 0 radical (unpaired) electrons. The van der Waals surface area contributed by atoms with Crippen molar-refractivity contribution in [2.24, 2.45) is 0 Å². The third-order valence-corrected chi connectivity index (χ3v) is 4.37. The lowest BCUT2D eigenvalue weighted by atomic mass is 10.1. The summed E-state index contributed by atoms with van der Waals surface area (Å²) >= 11 is 3.31. The second kappa shape index (κ2) is 8.04. The van der Waals surface area contributed by atoms with E-state index in [1.54, 1.807) is 18.4 Å². The molecular weight excluding hydrogens is 443 g/mol. The molecule has 2 aromatic rings. The number of aromatic nitrogens is 2. The molecule has 7 nitrogen and oxygen atoms in total. The van der Waals surface area contributed by atoms with Crippen LogP contribution in [0.15, 0.2) is 22.1 Å². The second-order valence-electron chi connectivity index (χ2n) is 4.35. The molecule has 0 saturated carbocycles. The lowest BCUT2D eigenvalue weighted by molar-refractivity contribution is 0.327. The summed E-state index contributed by atoms with van der Waals surface area (Å²) in [5.41, 5.74) is 0.258. The van der Waals surface area contributed by atoms with Crippen molar-refractivity contribution in [2.75, 3.05) is 20.0 Å². The van der Waals surface area contributed by atoms with Gasteiger partial charge in [0, 0.05) is 5.56 Å². The highest BCUT2D eigenvalue weighted by Gasteiger charge is 2.18. The van der Waals surface area contributed by atoms with Gasteiger partial charge in [0.2, 0.25) is 0 Å². The maximum absolute atomic E-state index is 12.0. The third-order valence-electron chi connectivity index (χ3n) is 2.99. The van der Waals surface area contributed by atoms with Gasteiger partial charge in [0.25, 0.3) is 5.56 Å². The van der Waals surface area contributed by atoms with Gasteiger partial charge in [-0.15, -0.1) is 0 Å². The number of ether oxygens (including phenoxy) is 2. The fraction of sp³-hybridized carbons (Fsp3) is 0.200. The van der Waals surface area contributed by atoms with Gasteiger partial charge in [-0.3, -0.25) is 4.79 Å². The Morgan fingerprint density at radius 1 is 1.42 bits per heavy atom. The molecule has 9 heteroatoms. The molecule has 0 amide bonds. The molecule has 1 aromatic carbocycles. The summed E-state index contributed by atoms with van der Waals surface area (Å²) in [5, 5.41) is 18.4. The van der Waals surface area contributed by atoms with Crippen LogP contribution in [0.4, 0.5) is 0 Å². The van der Waals surface area contributed by atoms with Gasteiger partial charge in [0.1, 0.15) is 17.7 Å². The van der Waals surface area contributed by atoms with Gasteiger partial charge in [0.05, 0.1) is 16.4 Å². The average molecular weight is 454 g/mol. The molecule has 0 spiro atoms. The van der Waals surface area contributed by atoms with E-state index < -0.39 is 5.56 Å². The molecule has 1 aromatic heterocycles. The third kappa shape index (κ3) is 3.63. The van der Waals surface area contributed by atoms with Gasteiger partial charge in [-0.25, -0.2) is 4.98 Å². The minimum Gasteiger partial charge on any atom is -0.493 e. The van der Waals surface area contributed by atoms with E-state index in [9.17, 15) is 10.1 Å². The predicted molar refractivity (Wildman–Crippen MR) is 97.2 cm³/mol. The molecule has 0 fully saturated rings.